The van der Waals surface area contributed by atoms with Crippen LogP contribution in [0.4, 0.5) is 0 Å². The van der Waals surface area contributed by atoms with Crippen LogP contribution in [0.5, 0.6) is 0 Å². The van der Waals surface area contributed by atoms with Crippen LogP contribution in [0.1, 0.15) is 32.1 Å². The monoisotopic (exact) mass is 355 g/mol. The van der Waals surface area contributed by atoms with Crippen molar-refractivity contribution >= 4 is 11.8 Å². The highest BCUT2D eigenvalue weighted by molar-refractivity contribution is 5.81. The van der Waals surface area contributed by atoms with Crippen molar-refractivity contribution in [2.24, 2.45) is 11.8 Å². The van der Waals surface area contributed by atoms with Gasteiger partial charge in [-0.1, -0.05) is 0 Å². The normalized spacial score (nSPS) is 24.7. The van der Waals surface area contributed by atoms with Crippen LogP contribution < -0.4 is 10.6 Å². The molecule has 1 saturated heterocycles. The van der Waals surface area contributed by atoms with Crippen molar-refractivity contribution in [2.45, 2.75) is 32.1 Å². The lowest BCUT2D eigenvalue weighted by Gasteiger charge is -2.28. The van der Waals surface area contributed by atoms with Gasteiger partial charge in [-0.2, -0.15) is 0 Å². The molecular formula is C18H33N3O4. The summed E-state index contributed by atoms with van der Waals surface area (Å²) in [6.45, 7) is 6.36. The van der Waals surface area contributed by atoms with E-state index in [1.54, 1.807) is 7.11 Å². The highest BCUT2D eigenvalue weighted by Gasteiger charge is 2.29. The molecule has 2 rings (SSSR count). The van der Waals surface area contributed by atoms with Gasteiger partial charge in [0.15, 0.2) is 0 Å². The Morgan fingerprint density at radius 2 is 1.56 bits per heavy atom. The molecule has 0 aromatic heterocycles. The summed E-state index contributed by atoms with van der Waals surface area (Å²) in [7, 11) is 1.66. The van der Waals surface area contributed by atoms with Crippen molar-refractivity contribution in [3.63, 3.8) is 0 Å². The lowest BCUT2D eigenvalue weighted by atomic mass is 9.81. The predicted octanol–water partition coefficient (Wildman–Crippen LogP) is 0.394. The molecule has 2 fully saturated rings. The number of nitrogens with one attached hydrogen (secondary N) is 2. The Kier molecular flexibility index (Phi) is 9.21. The number of amides is 2. The topological polar surface area (TPSA) is 79.9 Å². The number of methoxy groups -OCH3 is 1. The number of rotatable bonds is 9. The smallest absolute Gasteiger partial charge is 0.223 e. The fraction of sp³-hybridized carbons (Fsp3) is 0.889. The Labute approximate surface area is 150 Å². The van der Waals surface area contributed by atoms with Crippen molar-refractivity contribution in [3.05, 3.63) is 0 Å². The van der Waals surface area contributed by atoms with E-state index in [1.165, 1.54) is 0 Å². The van der Waals surface area contributed by atoms with Gasteiger partial charge in [-0.3, -0.25) is 14.5 Å². The second kappa shape index (κ2) is 11.4. The molecule has 25 heavy (non-hydrogen) atoms. The molecule has 1 aliphatic carbocycles. The third kappa shape index (κ3) is 7.30. The number of ether oxygens (including phenoxy) is 2. The van der Waals surface area contributed by atoms with E-state index in [0.717, 1.165) is 65.0 Å². The molecule has 0 unspecified atom stereocenters. The van der Waals surface area contributed by atoms with Crippen LogP contribution in [-0.4, -0.2) is 76.4 Å². The second-order valence-corrected chi connectivity index (χ2v) is 6.93. The van der Waals surface area contributed by atoms with E-state index in [2.05, 4.69) is 15.5 Å². The Balaban J connectivity index is 1.57. The Bertz CT molecular complexity index is 405. The first-order valence-electron chi connectivity index (χ1n) is 9.55. The SMILES string of the molecule is COCCCNC(=O)C1CCC(C(=O)NCCN2CCOCC2)CC1. The van der Waals surface area contributed by atoms with Gasteiger partial charge in [-0.25, -0.2) is 0 Å². The van der Waals surface area contributed by atoms with Crippen LogP contribution in [0.25, 0.3) is 0 Å². The maximum absolute atomic E-state index is 12.3. The summed E-state index contributed by atoms with van der Waals surface area (Å²) in [6.07, 6.45) is 4.05. The Hall–Kier alpha value is -1.18. The number of hydrogen-bond donors (Lipinski definition) is 2. The number of morpholine rings is 1. The average molecular weight is 355 g/mol. The van der Waals surface area contributed by atoms with Gasteiger partial charge < -0.3 is 20.1 Å². The second-order valence-electron chi connectivity index (χ2n) is 6.93. The van der Waals surface area contributed by atoms with Crippen LogP contribution in [-0.2, 0) is 19.1 Å². The summed E-state index contributed by atoms with van der Waals surface area (Å²) in [4.78, 5) is 26.7. The van der Waals surface area contributed by atoms with E-state index in [0.29, 0.717) is 19.7 Å². The average Bonchev–Trinajstić information content (AvgIpc) is 2.66. The molecule has 0 spiro atoms. The maximum Gasteiger partial charge on any atom is 0.223 e. The van der Waals surface area contributed by atoms with Gasteiger partial charge >= 0.3 is 0 Å². The molecule has 0 atom stereocenters. The number of carbonyl (C=O) groups is 2. The first kappa shape index (κ1) is 20.1. The van der Waals surface area contributed by atoms with Gasteiger partial charge in [-0.05, 0) is 32.1 Å². The largest absolute Gasteiger partial charge is 0.385 e. The minimum Gasteiger partial charge on any atom is -0.385 e. The van der Waals surface area contributed by atoms with E-state index in [9.17, 15) is 9.59 Å². The summed E-state index contributed by atoms with van der Waals surface area (Å²) in [5.41, 5.74) is 0. The summed E-state index contributed by atoms with van der Waals surface area (Å²) >= 11 is 0. The quantitative estimate of drug-likeness (QED) is 0.585. The van der Waals surface area contributed by atoms with Gasteiger partial charge in [-0.15, -0.1) is 0 Å². The van der Waals surface area contributed by atoms with Crippen molar-refractivity contribution in [2.75, 3.05) is 59.7 Å². The van der Waals surface area contributed by atoms with E-state index in [4.69, 9.17) is 9.47 Å². The molecule has 1 saturated carbocycles. The minimum atomic E-state index is 0.0555. The number of hydrogen-bond acceptors (Lipinski definition) is 5. The van der Waals surface area contributed by atoms with Crippen molar-refractivity contribution in [1.29, 1.82) is 0 Å². The van der Waals surface area contributed by atoms with Crippen LogP contribution in [0.15, 0.2) is 0 Å². The van der Waals surface area contributed by atoms with E-state index in [1.807, 2.05) is 0 Å². The first-order chi connectivity index (χ1) is 12.2. The molecule has 0 radical (unpaired) electrons. The molecule has 1 aliphatic heterocycles. The fourth-order valence-corrected chi connectivity index (χ4v) is 3.50. The highest BCUT2D eigenvalue weighted by atomic mass is 16.5. The van der Waals surface area contributed by atoms with E-state index >= 15 is 0 Å². The van der Waals surface area contributed by atoms with Crippen LogP contribution in [0, 0.1) is 11.8 Å². The molecule has 0 bridgehead atoms. The molecule has 144 valence electrons. The van der Waals surface area contributed by atoms with Crippen LogP contribution in [0.2, 0.25) is 0 Å². The van der Waals surface area contributed by atoms with Gasteiger partial charge in [0.05, 0.1) is 13.2 Å². The minimum absolute atomic E-state index is 0.0555. The molecule has 7 heteroatoms. The van der Waals surface area contributed by atoms with E-state index in [-0.39, 0.29) is 23.7 Å². The molecular weight excluding hydrogens is 322 g/mol. The first-order valence-corrected chi connectivity index (χ1v) is 9.55. The highest BCUT2D eigenvalue weighted by Crippen LogP contribution is 2.29. The van der Waals surface area contributed by atoms with Gasteiger partial charge in [0.2, 0.25) is 11.8 Å². The van der Waals surface area contributed by atoms with Crippen LogP contribution >= 0.6 is 0 Å². The summed E-state index contributed by atoms with van der Waals surface area (Å²) in [5.74, 6) is 0.386. The lowest BCUT2D eigenvalue weighted by molar-refractivity contribution is -0.130. The summed E-state index contributed by atoms with van der Waals surface area (Å²) in [6, 6.07) is 0. The van der Waals surface area contributed by atoms with Gasteiger partial charge in [0.25, 0.3) is 0 Å². The molecule has 7 nitrogen and oxygen atoms in total. The van der Waals surface area contributed by atoms with Crippen molar-refractivity contribution < 1.29 is 19.1 Å². The summed E-state index contributed by atoms with van der Waals surface area (Å²) in [5, 5.41) is 6.02. The number of carbonyl (C=O) groups excluding carboxylic acids is 2. The Morgan fingerprint density at radius 1 is 1.00 bits per heavy atom. The maximum atomic E-state index is 12.3. The van der Waals surface area contributed by atoms with Gasteiger partial charge in [0, 0.05) is 58.3 Å². The number of nitrogens with zero attached hydrogens (tertiary/aromatic N) is 1. The van der Waals surface area contributed by atoms with E-state index < -0.39 is 0 Å². The van der Waals surface area contributed by atoms with Gasteiger partial charge in [0.1, 0.15) is 0 Å². The zero-order chi connectivity index (χ0) is 17.9. The third-order valence-corrected chi connectivity index (χ3v) is 5.12. The molecule has 2 N–H and O–H groups in total. The molecule has 1 heterocycles. The fourth-order valence-electron chi connectivity index (χ4n) is 3.50. The predicted molar refractivity (Wildman–Crippen MR) is 95.2 cm³/mol. The third-order valence-electron chi connectivity index (χ3n) is 5.12. The molecule has 0 aromatic rings. The molecule has 0 aromatic carbocycles. The van der Waals surface area contributed by atoms with Crippen LogP contribution in [0.3, 0.4) is 0 Å². The zero-order valence-corrected chi connectivity index (χ0v) is 15.4. The summed E-state index contributed by atoms with van der Waals surface area (Å²) < 4.78 is 10.3. The van der Waals surface area contributed by atoms with Crippen molar-refractivity contribution in [1.82, 2.24) is 15.5 Å². The molecule has 2 aliphatic rings. The Morgan fingerprint density at radius 3 is 2.12 bits per heavy atom. The molecule has 2 amide bonds. The standard InChI is InChI=1S/C18H33N3O4/c1-24-12-2-7-19-17(22)15-3-5-16(6-4-15)18(23)20-8-9-21-10-13-25-14-11-21/h15-16H,2-14H2,1H3,(H,19,22)(H,20,23). The van der Waals surface area contributed by atoms with Crippen molar-refractivity contribution in [3.8, 4) is 0 Å². The lowest BCUT2D eigenvalue weighted by Crippen LogP contribution is -2.43. The zero-order valence-electron chi connectivity index (χ0n) is 15.4.